The van der Waals surface area contributed by atoms with Crippen LogP contribution in [0.4, 0.5) is 0 Å². The van der Waals surface area contributed by atoms with Crippen LogP contribution in [-0.4, -0.2) is 18.5 Å². The fraction of sp³-hybridized carbons (Fsp3) is 0.500. The summed E-state index contributed by atoms with van der Waals surface area (Å²) in [6.45, 7) is 4.99. The molecule has 0 unspecified atom stereocenters. The Morgan fingerprint density at radius 1 is 1.60 bits per heavy atom. The van der Waals surface area contributed by atoms with Crippen molar-refractivity contribution in [2.24, 2.45) is 0 Å². The first kappa shape index (κ1) is 12.7. The Morgan fingerprint density at radius 3 is 2.87 bits per heavy atom. The molecule has 1 rings (SSSR count). The number of amides is 1. The number of rotatable bonds is 5. The maximum atomic E-state index is 11.3. The minimum Gasteiger partial charge on any atom is -0.353 e. The van der Waals surface area contributed by atoms with Gasteiger partial charge in [0.25, 0.3) is 0 Å². The standard InChI is InChI=1S/C10H15BrN2OS/c1-7(2)13-10(14)6-12-5-9-8(11)3-4-15-9/h3-4,7,12H,5-6H2,1-2H3,(H,13,14). The highest BCUT2D eigenvalue weighted by atomic mass is 79.9. The smallest absolute Gasteiger partial charge is 0.234 e. The van der Waals surface area contributed by atoms with Crippen molar-refractivity contribution in [1.29, 1.82) is 0 Å². The van der Waals surface area contributed by atoms with Gasteiger partial charge in [0.2, 0.25) is 5.91 Å². The summed E-state index contributed by atoms with van der Waals surface area (Å²) in [5, 5.41) is 7.95. The molecule has 1 heterocycles. The van der Waals surface area contributed by atoms with Gasteiger partial charge < -0.3 is 10.6 Å². The van der Waals surface area contributed by atoms with E-state index in [0.717, 1.165) is 11.0 Å². The molecule has 0 aliphatic heterocycles. The zero-order valence-corrected chi connectivity index (χ0v) is 11.2. The van der Waals surface area contributed by atoms with Gasteiger partial charge in [-0.05, 0) is 41.2 Å². The molecule has 0 radical (unpaired) electrons. The topological polar surface area (TPSA) is 41.1 Å². The molecule has 1 aromatic heterocycles. The predicted octanol–water partition coefficient (Wildman–Crippen LogP) is 2.12. The second-order valence-corrected chi connectivity index (χ2v) is 5.37. The van der Waals surface area contributed by atoms with E-state index in [1.54, 1.807) is 11.3 Å². The van der Waals surface area contributed by atoms with E-state index < -0.39 is 0 Å². The molecule has 0 aromatic carbocycles. The first-order valence-corrected chi connectivity index (χ1v) is 6.49. The summed E-state index contributed by atoms with van der Waals surface area (Å²) in [6.07, 6.45) is 0. The summed E-state index contributed by atoms with van der Waals surface area (Å²) in [5.41, 5.74) is 0. The second kappa shape index (κ2) is 6.25. The molecule has 0 spiro atoms. The van der Waals surface area contributed by atoms with Crippen LogP contribution in [0.3, 0.4) is 0 Å². The van der Waals surface area contributed by atoms with Crippen molar-refractivity contribution in [2.75, 3.05) is 6.54 Å². The third-order valence-corrected chi connectivity index (χ3v) is 3.64. The van der Waals surface area contributed by atoms with Crippen LogP contribution in [0, 0.1) is 0 Å². The van der Waals surface area contributed by atoms with E-state index in [-0.39, 0.29) is 11.9 Å². The quantitative estimate of drug-likeness (QED) is 0.872. The van der Waals surface area contributed by atoms with Crippen LogP contribution in [0.2, 0.25) is 0 Å². The van der Waals surface area contributed by atoms with Gasteiger partial charge in [0.15, 0.2) is 0 Å². The summed E-state index contributed by atoms with van der Waals surface area (Å²) in [6, 6.07) is 2.21. The van der Waals surface area contributed by atoms with E-state index in [0.29, 0.717) is 6.54 Å². The summed E-state index contributed by atoms with van der Waals surface area (Å²) in [7, 11) is 0. The average Bonchev–Trinajstić information content (AvgIpc) is 2.50. The lowest BCUT2D eigenvalue weighted by atomic mass is 10.4. The molecule has 2 N–H and O–H groups in total. The normalized spacial score (nSPS) is 10.7. The van der Waals surface area contributed by atoms with Crippen molar-refractivity contribution in [3.63, 3.8) is 0 Å². The molecule has 0 saturated heterocycles. The monoisotopic (exact) mass is 290 g/mol. The molecule has 0 aliphatic carbocycles. The van der Waals surface area contributed by atoms with Crippen LogP contribution in [0.5, 0.6) is 0 Å². The third-order valence-electron chi connectivity index (χ3n) is 1.71. The summed E-state index contributed by atoms with van der Waals surface area (Å²) >= 11 is 5.12. The van der Waals surface area contributed by atoms with Crippen LogP contribution < -0.4 is 10.6 Å². The molecule has 3 nitrogen and oxygen atoms in total. The summed E-state index contributed by atoms with van der Waals surface area (Å²) in [4.78, 5) is 12.5. The maximum absolute atomic E-state index is 11.3. The van der Waals surface area contributed by atoms with Gasteiger partial charge in [-0.15, -0.1) is 11.3 Å². The largest absolute Gasteiger partial charge is 0.353 e. The summed E-state index contributed by atoms with van der Waals surface area (Å²) < 4.78 is 1.10. The molecule has 5 heteroatoms. The van der Waals surface area contributed by atoms with E-state index >= 15 is 0 Å². The molecule has 0 atom stereocenters. The van der Waals surface area contributed by atoms with Crippen molar-refractivity contribution in [2.45, 2.75) is 26.4 Å². The maximum Gasteiger partial charge on any atom is 0.234 e. The predicted molar refractivity (Wildman–Crippen MR) is 67.0 cm³/mol. The highest BCUT2D eigenvalue weighted by Gasteiger charge is 2.04. The van der Waals surface area contributed by atoms with Gasteiger partial charge in [-0.1, -0.05) is 0 Å². The van der Waals surface area contributed by atoms with E-state index in [1.165, 1.54) is 4.88 Å². The number of hydrogen-bond donors (Lipinski definition) is 2. The first-order chi connectivity index (χ1) is 7.09. The minimum absolute atomic E-state index is 0.0395. The SMILES string of the molecule is CC(C)NC(=O)CNCc1sccc1Br. The van der Waals surface area contributed by atoms with Crippen molar-refractivity contribution in [3.05, 3.63) is 20.8 Å². The number of nitrogens with one attached hydrogen (secondary N) is 2. The number of thiophene rings is 1. The van der Waals surface area contributed by atoms with E-state index in [2.05, 4.69) is 26.6 Å². The van der Waals surface area contributed by atoms with Gasteiger partial charge in [0.1, 0.15) is 0 Å². The van der Waals surface area contributed by atoms with Gasteiger partial charge in [-0.3, -0.25) is 4.79 Å². The van der Waals surface area contributed by atoms with Gasteiger partial charge in [-0.25, -0.2) is 0 Å². The van der Waals surface area contributed by atoms with E-state index in [1.807, 2.05) is 25.3 Å². The van der Waals surface area contributed by atoms with Gasteiger partial charge >= 0.3 is 0 Å². The van der Waals surface area contributed by atoms with Crippen LogP contribution >= 0.6 is 27.3 Å². The molecule has 84 valence electrons. The lowest BCUT2D eigenvalue weighted by Gasteiger charge is -2.08. The number of hydrogen-bond acceptors (Lipinski definition) is 3. The fourth-order valence-corrected chi connectivity index (χ4v) is 2.58. The second-order valence-electron chi connectivity index (χ2n) is 3.52. The Kier molecular flexibility index (Phi) is 5.28. The van der Waals surface area contributed by atoms with Gasteiger partial charge in [-0.2, -0.15) is 0 Å². The van der Waals surface area contributed by atoms with Crippen LogP contribution in [0.1, 0.15) is 18.7 Å². The van der Waals surface area contributed by atoms with Gasteiger partial charge in [0.05, 0.1) is 6.54 Å². The van der Waals surface area contributed by atoms with E-state index in [9.17, 15) is 4.79 Å². The first-order valence-electron chi connectivity index (χ1n) is 4.81. The molecule has 15 heavy (non-hydrogen) atoms. The van der Waals surface area contributed by atoms with Gasteiger partial charge in [0, 0.05) is 21.9 Å². The summed E-state index contributed by atoms with van der Waals surface area (Å²) in [5.74, 6) is 0.0395. The lowest BCUT2D eigenvalue weighted by molar-refractivity contribution is -0.120. The average molecular weight is 291 g/mol. The van der Waals surface area contributed by atoms with Crippen molar-refractivity contribution in [1.82, 2.24) is 10.6 Å². The zero-order valence-electron chi connectivity index (χ0n) is 8.84. The fourth-order valence-electron chi connectivity index (χ4n) is 1.11. The molecule has 0 saturated carbocycles. The highest BCUT2D eigenvalue weighted by molar-refractivity contribution is 9.10. The molecular weight excluding hydrogens is 276 g/mol. The Morgan fingerprint density at radius 2 is 2.33 bits per heavy atom. The number of halogens is 1. The lowest BCUT2D eigenvalue weighted by Crippen LogP contribution is -2.37. The Labute approximate surface area is 102 Å². The zero-order chi connectivity index (χ0) is 11.3. The van der Waals surface area contributed by atoms with Crippen LogP contribution in [0.15, 0.2) is 15.9 Å². The van der Waals surface area contributed by atoms with Crippen molar-refractivity contribution in [3.8, 4) is 0 Å². The molecule has 0 bridgehead atoms. The number of carbonyl (C=O) groups excluding carboxylic acids is 1. The molecule has 0 aliphatic rings. The van der Waals surface area contributed by atoms with Crippen LogP contribution in [0.25, 0.3) is 0 Å². The minimum atomic E-state index is 0.0395. The number of carbonyl (C=O) groups is 1. The Bertz CT molecular complexity index is 325. The highest BCUT2D eigenvalue weighted by Crippen LogP contribution is 2.21. The third kappa shape index (κ3) is 4.77. The molecular formula is C10H15BrN2OS. The van der Waals surface area contributed by atoms with Crippen molar-refractivity contribution >= 4 is 33.2 Å². The van der Waals surface area contributed by atoms with Crippen LogP contribution in [-0.2, 0) is 11.3 Å². The van der Waals surface area contributed by atoms with E-state index in [4.69, 9.17) is 0 Å². The van der Waals surface area contributed by atoms with Crippen molar-refractivity contribution < 1.29 is 4.79 Å². The Hall–Kier alpha value is -0.390. The Balaban J connectivity index is 2.22. The molecule has 1 amide bonds. The molecule has 0 fully saturated rings. The molecule has 1 aromatic rings.